The molecule has 62 heavy (non-hydrogen) atoms. The van der Waals surface area contributed by atoms with Gasteiger partial charge in [0, 0.05) is 87.3 Å². The number of amides is 1. The van der Waals surface area contributed by atoms with Crippen LogP contribution in [0.1, 0.15) is 77.9 Å². The maximum atomic E-state index is 13.9. The number of likely N-dealkylation sites (N-methyl/N-ethyl adjacent to an activating group) is 1. The Labute approximate surface area is 364 Å². The maximum Gasteiger partial charge on any atom is 0.469 e. The number of fused-ring (bicyclic) bond motifs is 16. The standard InChI is InChI=1S/C43H67N4O14P/c1-11-58-41-28(7)37(50)33-31-21-30(22-44-47-18-16-46(9)17-19-47)35(38(33)51)45-42(52)24(3)14-12-13-23(2)39(61-62(54,55)56)26(5)36(49)27(6)40(60-29(8)48)25(4)32(57-10)15-20-59-43(53)34(31)41/h12-13,15,20-21,23-27,32,36,39-40,43-44,49-51,53H,11,14,16-19,22H2,1-10H3,(H,45,52)(H2,54,55,56)/b13-12+,20-15+/t23-,24+,25-,26-,27+,32+,36-,39+,40-,43-/m1/s1. The summed E-state index contributed by atoms with van der Waals surface area (Å²) in [5.74, 6) is -5.60. The number of phosphoric ester groups is 1. The van der Waals surface area contributed by atoms with Gasteiger partial charge in [-0.1, -0.05) is 46.8 Å². The second kappa shape index (κ2) is 22.2. The van der Waals surface area contributed by atoms with E-state index >= 15 is 0 Å². The van der Waals surface area contributed by atoms with E-state index in [2.05, 4.69) is 15.6 Å². The monoisotopic (exact) mass is 894 g/mol. The number of phenolic OH excluding ortho intramolecular Hbond substituents is 2. The van der Waals surface area contributed by atoms with Gasteiger partial charge in [0.1, 0.15) is 17.6 Å². The number of anilines is 1. The lowest BCUT2D eigenvalue weighted by Crippen LogP contribution is -2.50. The van der Waals surface area contributed by atoms with Crippen LogP contribution in [0.15, 0.2) is 30.6 Å². The number of piperazine rings is 1. The summed E-state index contributed by atoms with van der Waals surface area (Å²) in [6, 6.07) is 1.65. The van der Waals surface area contributed by atoms with Crippen LogP contribution in [0.3, 0.4) is 0 Å². The highest BCUT2D eigenvalue weighted by molar-refractivity contribution is 7.46. The number of ether oxygens (including phenoxy) is 4. The molecule has 2 aromatic rings. The molecular formula is C43H67N4O14P. The number of rotatable bonds is 9. The molecular weight excluding hydrogens is 827 g/mol. The average molecular weight is 895 g/mol. The molecule has 1 amide bonds. The van der Waals surface area contributed by atoms with Gasteiger partial charge in [0.15, 0.2) is 5.75 Å². The first kappa shape index (κ1) is 50.8. The lowest BCUT2D eigenvalue weighted by Gasteiger charge is -2.39. The first-order valence-corrected chi connectivity index (χ1v) is 22.6. The number of aromatic hydroxyl groups is 2. The quantitative estimate of drug-likeness (QED) is 0.0742. The van der Waals surface area contributed by atoms with Gasteiger partial charge in [-0.05, 0) is 45.0 Å². The van der Waals surface area contributed by atoms with Gasteiger partial charge in [-0.15, -0.1) is 0 Å². The Kier molecular flexibility index (Phi) is 18.2. The Balaban J connectivity index is 1.93. The summed E-state index contributed by atoms with van der Waals surface area (Å²) >= 11 is 0. The first-order chi connectivity index (χ1) is 29.1. The maximum absolute atomic E-state index is 13.9. The highest BCUT2D eigenvalue weighted by Crippen LogP contribution is 2.50. The van der Waals surface area contributed by atoms with E-state index in [1.165, 1.54) is 26.4 Å². The van der Waals surface area contributed by atoms with Crippen LogP contribution in [0.25, 0.3) is 10.8 Å². The third kappa shape index (κ3) is 12.5. The first-order valence-electron chi connectivity index (χ1n) is 21.0. The van der Waals surface area contributed by atoms with Crippen molar-refractivity contribution in [3.05, 3.63) is 47.2 Å². The molecule has 348 valence electrons. The Hall–Kier alpha value is -3.81. The van der Waals surface area contributed by atoms with E-state index < -0.39 is 85.7 Å². The molecule has 10 atom stereocenters. The van der Waals surface area contributed by atoms with Crippen LogP contribution < -0.4 is 15.5 Å². The van der Waals surface area contributed by atoms with Crippen molar-refractivity contribution >= 4 is 36.2 Å². The molecule has 0 unspecified atom stereocenters. The largest absolute Gasteiger partial charge is 0.507 e. The molecule has 8 N–H and O–H groups in total. The summed E-state index contributed by atoms with van der Waals surface area (Å²) in [7, 11) is -1.63. The number of nitrogens with zero attached hydrogens (tertiary/aromatic N) is 2. The van der Waals surface area contributed by atoms with Crippen molar-refractivity contribution in [1.82, 2.24) is 15.3 Å². The zero-order valence-electron chi connectivity index (χ0n) is 37.4. The summed E-state index contributed by atoms with van der Waals surface area (Å²) in [6.45, 7) is 16.1. The van der Waals surface area contributed by atoms with E-state index in [0.717, 1.165) is 13.1 Å². The van der Waals surface area contributed by atoms with Crippen molar-refractivity contribution in [2.24, 2.45) is 29.6 Å². The van der Waals surface area contributed by atoms with Crippen molar-refractivity contribution < 1.29 is 67.8 Å². The molecule has 1 saturated heterocycles. The number of methoxy groups -OCH3 is 1. The number of hydrazine groups is 1. The number of aliphatic hydroxyl groups is 2. The predicted octanol–water partition coefficient (Wildman–Crippen LogP) is 4.60. The van der Waals surface area contributed by atoms with Gasteiger partial charge in [-0.3, -0.25) is 19.5 Å². The van der Waals surface area contributed by atoms with E-state index in [-0.39, 0.29) is 58.7 Å². The molecule has 4 bridgehead atoms. The predicted molar refractivity (Wildman–Crippen MR) is 232 cm³/mol. The summed E-state index contributed by atoms with van der Waals surface area (Å²) < 4.78 is 41.0. The number of phenols is 2. The molecule has 18 nitrogen and oxygen atoms in total. The number of carbonyl (C=O) groups excluding carboxylic acids is 2. The van der Waals surface area contributed by atoms with E-state index in [1.807, 2.05) is 12.1 Å². The normalized spacial score (nSPS) is 30.1. The number of phosphoric acid groups is 1. The second-order valence-electron chi connectivity index (χ2n) is 16.6. The van der Waals surface area contributed by atoms with Gasteiger partial charge in [0.25, 0.3) is 0 Å². The number of carbonyl (C=O) groups is 2. The lowest BCUT2D eigenvalue weighted by molar-refractivity contribution is -0.160. The lowest BCUT2D eigenvalue weighted by atomic mass is 9.78. The molecule has 0 aromatic heterocycles. The number of benzene rings is 2. The van der Waals surface area contributed by atoms with Crippen LogP contribution >= 0.6 is 7.82 Å². The molecule has 1 fully saturated rings. The Morgan fingerprint density at radius 3 is 2.24 bits per heavy atom. The fourth-order valence-corrected chi connectivity index (χ4v) is 8.97. The summed E-state index contributed by atoms with van der Waals surface area (Å²) in [5, 5.41) is 52.3. The second-order valence-corrected chi connectivity index (χ2v) is 17.8. The van der Waals surface area contributed by atoms with Crippen LogP contribution in [-0.2, 0) is 39.4 Å². The van der Waals surface area contributed by atoms with Crippen LogP contribution in [0.4, 0.5) is 5.69 Å². The molecule has 5 rings (SSSR count). The molecule has 3 aliphatic heterocycles. The Bertz CT molecular complexity index is 1970. The van der Waals surface area contributed by atoms with Crippen LogP contribution in [0, 0.1) is 36.5 Å². The summed E-state index contributed by atoms with van der Waals surface area (Å²) in [4.78, 5) is 48.4. The smallest absolute Gasteiger partial charge is 0.469 e. The van der Waals surface area contributed by atoms with Crippen molar-refractivity contribution in [2.75, 3.05) is 52.3 Å². The summed E-state index contributed by atoms with van der Waals surface area (Å²) in [6.07, 6.45) is 0.0272. The topological polar surface area (TPSA) is 249 Å². The number of allylic oxidation sites excluding steroid dienone is 1. The van der Waals surface area contributed by atoms with Crippen LogP contribution in [0.5, 0.6) is 17.2 Å². The molecule has 19 heteroatoms. The van der Waals surface area contributed by atoms with Crippen LogP contribution in [-0.4, -0.2) is 123 Å². The van der Waals surface area contributed by atoms with Gasteiger partial charge in [-0.2, -0.15) is 0 Å². The van der Waals surface area contributed by atoms with Crippen molar-refractivity contribution in [1.29, 1.82) is 0 Å². The third-order valence-electron chi connectivity index (χ3n) is 12.0. The zero-order valence-corrected chi connectivity index (χ0v) is 38.3. The van der Waals surface area contributed by atoms with E-state index in [4.69, 9.17) is 23.5 Å². The Morgan fingerprint density at radius 1 is 1.00 bits per heavy atom. The van der Waals surface area contributed by atoms with Gasteiger partial charge in [0.2, 0.25) is 12.2 Å². The minimum Gasteiger partial charge on any atom is -0.507 e. The van der Waals surface area contributed by atoms with Gasteiger partial charge >= 0.3 is 13.8 Å². The molecule has 3 aliphatic rings. The minimum atomic E-state index is -5.08. The number of hydrogen-bond donors (Lipinski definition) is 8. The molecule has 0 aliphatic carbocycles. The van der Waals surface area contributed by atoms with Crippen molar-refractivity contribution in [3.63, 3.8) is 0 Å². The third-order valence-corrected chi connectivity index (χ3v) is 12.5. The number of esters is 1. The highest BCUT2D eigenvalue weighted by atomic mass is 31.2. The van der Waals surface area contributed by atoms with E-state index in [0.29, 0.717) is 18.7 Å². The van der Waals surface area contributed by atoms with Gasteiger partial charge in [0.05, 0.1) is 47.8 Å². The summed E-state index contributed by atoms with van der Waals surface area (Å²) in [5.41, 5.74) is 4.15. The minimum absolute atomic E-state index is 0.0399. The highest BCUT2D eigenvalue weighted by Gasteiger charge is 2.42. The number of aliphatic hydroxyl groups excluding tert-OH is 2. The average Bonchev–Trinajstić information content (AvgIpc) is 3.21. The van der Waals surface area contributed by atoms with Crippen molar-refractivity contribution in [2.45, 2.75) is 99.1 Å². The molecule has 0 saturated carbocycles. The van der Waals surface area contributed by atoms with Crippen molar-refractivity contribution in [3.8, 4) is 17.2 Å². The molecule has 0 radical (unpaired) electrons. The molecule has 3 heterocycles. The number of hydrogen-bond acceptors (Lipinski definition) is 15. The van der Waals surface area contributed by atoms with E-state index in [9.17, 15) is 44.4 Å². The molecule has 0 spiro atoms. The van der Waals surface area contributed by atoms with E-state index in [1.54, 1.807) is 66.7 Å². The fraction of sp³-hybridized carbons (Fsp3) is 0.628. The molecule has 2 aromatic carbocycles. The SMILES string of the molecule is CCOc1c(C)c(O)c2c(O)c3c(CNN4CCN(C)CC4)cc2c1[C@H](O)O/C=C/[C@H](OC)[C@@H](C)[C@@H](OC(C)=O)[C@@H](C)[C@H](O)[C@@H](C)[C@@H](OP(=O)(O)O)[C@H](C)/C=C/C[C@H](C)C(=O)N3. The van der Waals surface area contributed by atoms with Gasteiger partial charge < -0.3 is 59.4 Å². The zero-order chi connectivity index (χ0) is 46.2. The van der Waals surface area contributed by atoms with Gasteiger partial charge in [-0.25, -0.2) is 9.57 Å². The van der Waals surface area contributed by atoms with Crippen LogP contribution in [0.2, 0.25) is 0 Å². The fourth-order valence-electron chi connectivity index (χ4n) is 8.27. The number of nitrogens with one attached hydrogen (secondary N) is 2. The Morgan fingerprint density at radius 2 is 1.65 bits per heavy atom.